The second-order valence-electron chi connectivity index (χ2n) is 5.40. The zero-order chi connectivity index (χ0) is 18.4. The summed E-state index contributed by atoms with van der Waals surface area (Å²) in [6, 6.07) is 12.0. The molecule has 0 saturated carbocycles. The summed E-state index contributed by atoms with van der Waals surface area (Å²) in [7, 11) is 0. The fraction of sp³-hybridized carbons (Fsp3) is 0.235. The summed E-state index contributed by atoms with van der Waals surface area (Å²) in [6.07, 6.45) is 1.31. The highest BCUT2D eigenvalue weighted by atomic mass is 35.5. The van der Waals surface area contributed by atoms with Crippen LogP contribution in [0.3, 0.4) is 0 Å². The highest BCUT2D eigenvalue weighted by Crippen LogP contribution is 2.37. The molecular weight excluding hydrogens is 363 g/mol. The Hall–Kier alpha value is -2.49. The van der Waals surface area contributed by atoms with Crippen molar-refractivity contribution in [3.63, 3.8) is 0 Å². The van der Waals surface area contributed by atoms with Gasteiger partial charge < -0.3 is 0 Å². The molecule has 8 heteroatoms. The van der Waals surface area contributed by atoms with Gasteiger partial charge in [-0.25, -0.2) is 0 Å². The minimum absolute atomic E-state index is 0.0599. The molecule has 0 amide bonds. The molecule has 1 atom stereocenters. The second-order valence-corrected chi connectivity index (χ2v) is 6.22. The van der Waals surface area contributed by atoms with Gasteiger partial charge in [-0.2, -0.15) is 10.4 Å². The van der Waals surface area contributed by atoms with E-state index in [-0.39, 0.29) is 27.3 Å². The SMILES string of the molecule is CC(CCC#N)c1ccc(N=Nc2c(Cl)cc([N+](=O)[O-])cc2Cl)cc1. The van der Waals surface area contributed by atoms with E-state index in [1.54, 1.807) is 12.1 Å². The molecule has 0 bridgehead atoms. The van der Waals surface area contributed by atoms with Gasteiger partial charge in [0.25, 0.3) is 5.69 Å². The summed E-state index contributed by atoms with van der Waals surface area (Å²) >= 11 is 12.0. The third kappa shape index (κ3) is 4.99. The summed E-state index contributed by atoms with van der Waals surface area (Å²) < 4.78 is 0. The van der Waals surface area contributed by atoms with E-state index >= 15 is 0 Å². The van der Waals surface area contributed by atoms with E-state index < -0.39 is 4.92 Å². The van der Waals surface area contributed by atoms with Crippen LogP contribution in [-0.2, 0) is 0 Å². The van der Waals surface area contributed by atoms with E-state index in [4.69, 9.17) is 28.5 Å². The van der Waals surface area contributed by atoms with Crippen LogP contribution >= 0.6 is 23.2 Å². The number of non-ortho nitro benzene ring substituents is 1. The Morgan fingerprint density at radius 1 is 1.20 bits per heavy atom. The summed E-state index contributed by atoms with van der Waals surface area (Å²) in [5, 5.41) is 27.6. The van der Waals surface area contributed by atoms with Gasteiger partial charge in [-0.15, -0.1) is 5.11 Å². The van der Waals surface area contributed by atoms with E-state index in [9.17, 15) is 10.1 Å². The number of hydrogen-bond acceptors (Lipinski definition) is 5. The number of halogens is 2. The number of nitriles is 1. The highest BCUT2D eigenvalue weighted by molar-refractivity contribution is 6.39. The zero-order valence-corrected chi connectivity index (χ0v) is 14.8. The molecule has 0 saturated heterocycles. The fourth-order valence-corrected chi connectivity index (χ4v) is 2.73. The molecule has 1 unspecified atom stereocenters. The van der Waals surface area contributed by atoms with E-state index in [1.807, 2.05) is 12.1 Å². The van der Waals surface area contributed by atoms with Gasteiger partial charge in [0, 0.05) is 18.6 Å². The zero-order valence-electron chi connectivity index (χ0n) is 13.3. The lowest BCUT2D eigenvalue weighted by atomic mass is 9.96. The molecule has 128 valence electrons. The van der Waals surface area contributed by atoms with Crippen LogP contribution in [0, 0.1) is 21.4 Å². The third-order valence-electron chi connectivity index (χ3n) is 3.63. The molecule has 0 aromatic heterocycles. The lowest BCUT2D eigenvalue weighted by Crippen LogP contribution is -1.92. The first-order valence-electron chi connectivity index (χ1n) is 7.44. The molecule has 25 heavy (non-hydrogen) atoms. The number of benzene rings is 2. The van der Waals surface area contributed by atoms with Crippen molar-refractivity contribution >= 4 is 40.3 Å². The molecule has 0 spiro atoms. The Labute approximate surface area is 154 Å². The Kier molecular flexibility index (Phi) is 6.45. The van der Waals surface area contributed by atoms with E-state index in [1.165, 1.54) is 12.1 Å². The molecule has 0 fully saturated rings. The minimum atomic E-state index is -0.578. The monoisotopic (exact) mass is 376 g/mol. The number of nitrogens with zero attached hydrogens (tertiary/aromatic N) is 4. The van der Waals surface area contributed by atoms with Crippen LogP contribution in [0.1, 0.15) is 31.2 Å². The van der Waals surface area contributed by atoms with E-state index in [0.717, 1.165) is 12.0 Å². The Balaban J connectivity index is 2.17. The normalized spacial score (nSPS) is 12.1. The van der Waals surface area contributed by atoms with Crippen molar-refractivity contribution in [1.82, 2.24) is 0 Å². The lowest BCUT2D eigenvalue weighted by Gasteiger charge is -2.09. The van der Waals surface area contributed by atoms with Gasteiger partial charge in [0.1, 0.15) is 5.69 Å². The number of hydrogen-bond donors (Lipinski definition) is 0. The van der Waals surface area contributed by atoms with E-state index in [0.29, 0.717) is 12.1 Å². The average Bonchev–Trinajstić information content (AvgIpc) is 2.59. The second kappa shape index (κ2) is 8.56. The van der Waals surface area contributed by atoms with Crippen LogP contribution < -0.4 is 0 Å². The maximum Gasteiger partial charge on any atom is 0.272 e. The van der Waals surface area contributed by atoms with Crippen molar-refractivity contribution in [3.8, 4) is 6.07 Å². The summed E-state index contributed by atoms with van der Waals surface area (Å²) in [4.78, 5) is 10.2. The molecule has 6 nitrogen and oxygen atoms in total. The van der Waals surface area contributed by atoms with Gasteiger partial charge in [-0.1, -0.05) is 42.3 Å². The van der Waals surface area contributed by atoms with Crippen molar-refractivity contribution in [3.05, 3.63) is 62.1 Å². The summed E-state index contributed by atoms with van der Waals surface area (Å²) in [5.41, 5.74) is 1.69. The van der Waals surface area contributed by atoms with Crippen molar-refractivity contribution in [2.45, 2.75) is 25.7 Å². The summed E-state index contributed by atoms with van der Waals surface area (Å²) in [5.74, 6) is 0.282. The van der Waals surface area contributed by atoms with Gasteiger partial charge in [0.15, 0.2) is 0 Å². The van der Waals surface area contributed by atoms with Gasteiger partial charge in [0.05, 0.1) is 26.7 Å². The number of nitro groups is 1. The molecule has 0 aliphatic rings. The van der Waals surface area contributed by atoms with Crippen LogP contribution in [0.25, 0.3) is 0 Å². The fourth-order valence-electron chi connectivity index (χ4n) is 2.18. The van der Waals surface area contributed by atoms with Crippen molar-refractivity contribution in [1.29, 1.82) is 5.26 Å². The quantitative estimate of drug-likeness (QED) is 0.318. The number of azo groups is 1. The predicted octanol–water partition coefficient (Wildman–Crippen LogP) is 6.72. The predicted molar refractivity (Wildman–Crippen MR) is 97.0 cm³/mol. The van der Waals surface area contributed by atoms with Crippen LogP contribution in [0.2, 0.25) is 10.0 Å². The van der Waals surface area contributed by atoms with E-state index in [2.05, 4.69) is 23.2 Å². The van der Waals surface area contributed by atoms with Gasteiger partial charge in [0.2, 0.25) is 0 Å². The Morgan fingerprint density at radius 2 is 1.80 bits per heavy atom. The molecule has 2 aromatic rings. The smallest absolute Gasteiger partial charge is 0.258 e. The first kappa shape index (κ1) is 18.8. The topological polar surface area (TPSA) is 91.7 Å². The molecule has 0 radical (unpaired) electrons. The van der Waals surface area contributed by atoms with Crippen LogP contribution in [-0.4, -0.2) is 4.92 Å². The molecule has 0 N–H and O–H groups in total. The van der Waals surface area contributed by atoms with Crippen molar-refractivity contribution < 1.29 is 4.92 Å². The first-order chi connectivity index (χ1) is 11.9. The average molecular weight is 377 g/mol. The number of rotatable bonds is 6. The largest absolute Gasteiger partial charge is 0.272 e. The molecule has 0 aliphatic carbocycles. The van der Waals surface area contributed by atoms with Crippen LogP contribution in [0.4, 0.5) is 17.1 Å². The maximum absolute atomic E-state index is 10.8. The van der Waals surface area contributed by atoms with Crippen LogP contribution in [0.15, 0.2) is 46.6 Å². The van der Waals surface area contributed by atoms with Gasteiger partial charge in [-0.05, 0) is 30.0 Å². The van der Waals surface area contributed by atoms with Crippen LogP contribution in [0.5, 0.6) is 0 Å². The highest BCUT2D eigenvalue weighted by Gasteiger charge is 2.14. The maximum atomic E-state index is 10.8. The standard InChI is InChI=1S/C17H14Cl2N4O2/c1-11(3-2-8-20)12-4-6-13(7-5-12)21-22-17-15(18)9-14(23(24)25)10-16(17)19/h4-7,9-11H,2-3H2,1H3. The Morgan fingerprint density at radius 3 is 2.32 bits per heavy atom. The molecule has 0 aliphatic heterocycles. The lowest BCUT2D eigenvalue weighted by molar-refractivity contribution is -0.384. The van der Waals surface area contributed by atoms with Gasteiger partial charge in [-0.3, -0.25) is 10.1 Å². The molecule has 0 heterocycles. The molecular formula is C17H14Cl2N4O2. The molecule has 2 aromatic carbocycles. The first-order valence-corrected chi connectivity index (χ1v) is 8.20. The van der Waals surface area contributed by atoms with Crippen molar-refractivity contribution in [2.75, 3.05) is 0 Å². The van der Waals surface area contributed by atoms with Gasteiger partial charge >= 0.3 is 0 Å². The van der Waals surface area contributed by atoms with Crippen molar-refractivity contribution in [2.24, 2.45) is 10.2 Å². The number of nitro benzene ring substituents is 1. The third-order valence-corrected chi connectivity index (χ3v) is 4.21. The minimum Gasteiger partial charge on any atom is -0.258 e. The Bertz CT molecular complexity index is 822. The summed E-state index contributed by atoms with van der Waals surface area (Å²) in [6.45, 7) is 2.06. The molecule has 2 rings (SSSR count).